The highest BCUT2D eigenvalue weighted by molar-refractivity contribution is 7.15. The molecule has 0 fully saturated rings. The lowest BCUT2D eigenvalue weighted by molar-refractivity contribution is -0.116. The fourth-order valence-corrected chi connectivity index (χ4v) is 2.91. The normalized spacial score (nSPS) is 10.3. The number of hydrogen-bond donors (Lipinski definition) is 1. The maximum absolute atomic E-state index is 12.6. The van der Waals surface area contributed by atoms with Gasteiger partial charge in [0.15, 0.2) is 5.13 Å². The lowest BCUT2D eigenvalue weighted by Crippen LogP contribution is -2.38. The maximum Gasteiger partial charge on any atom is 0.254 e. The Balaban J connectivity index is 2.09. The molecule has 0 aliphatic heterocycles. The van der Waals surface area contributed by atoms with Gasteiger partial charge in [-0.1, -0.05) is 29.3 Å². The van der Waals surface area contributed by atoms with Crippen molar-refractivity contribution in [1.29, 1.82) is 0 Å². The Kier molecular flexibility index (Phi) is 6.36. The second-order valence-electron chi connectivity index (χ2n) is 4.93. The van der Waals surface area contributed by atoms with Crippen LogP contribution in [0.2, 0.25) is 10.0 Å². The first-order valence-electron chi connectivity index (χ1n) is 6.98. The second kappa shape index (κ2) is 8.28. The predicted molar refractivity (Wildman–Crippen MR) is 98.0 cm³/mol. The molecular weight excluding hydrogens is 369 g/mol. The number of amides is 2. The molecule has 8 heteroatoms. The van der Waals surface area contributed by atoms with Gasteiger partial charge in [0.25, 0.3) is 5.91 Å². The van der Waals surface area contributed by atoms with Crippen LogP contribution in [-0.4, -0.2) is 34.8 Å². The minimum atomic E-state index is -0.334. The molecule has 0 saturated heterocycles. The number of halogens is 2. The van der Waals surface area contributed by atoms with Crippen molar-refractivity contribution in [3.05, 3.63) is 57.5 Å². The first-order chi connectivity index (χ1) is 11.4. The number of anilines is 1. The van der Waals surface area contributed by atoms with E-state index in [1.807, 2.05) is 6.92 Å². The van der Waals surface area contributed by atoms with Gasteiger partial charge in [0.2, 0.25) is 5.91 Å². The Morgan fingerprint density at radius 1 is 1.38 bits per heavy atom. The molecule has 0 aliphatic rings. The van der Waals surface area contributed by atoms with Gasteiger partial charge < -0.3 is 10.2 Å². The molecular formula is C16H15Cl2N3O2S. The van der Waals surface area contributed by atoms with E-state index < -0.39 is 0 Å². The molecule has 1 N–H and O–H groups in total. The average molecular weight is 384 g/mol. The first kappa shape index (κ1) is 18.4. The van der Waals surface area contributed by atoms with Gasteiger partial charge in [-0.15, -0.1) is 17.9 Å². The van der Waals surface area contributed by atoms with E-state index in [1.165, 1.54) is 22.3 Å². The van der Waals surface area contributed by atoms with Crippen molar-refractivity contribution in [2.75, 3.05) is 18.4 Å². The number of aromatic nitrogens is 1. The molecule has 1 aromatic carbocycles. The van der Waals surface area contributed by atoms with Gasteiger partial charge in [-0.3, -0.25) is 9.59 Å². The van der Waals surface area contributed by atoms with Crippen molar-refractivity contribution in [1.82, 2.24) is 9.88 Å². The van der Waals surface area contributed by atoms with Crippen LogP contribution in [0.5, 0.6) is 0 Å². The fourth-order valence-electron chi connectivity index (χ4n) is 1.93. The number of benzene rings is 1. The van der Waals surface area contributed by atoms with Crippen molar-refractivity contribution in [3.8, 4) is 0 Å². The quantitative estimate of drug-likeness (QED) is 0.765. The SMILES string of the molecule is C=CCN(CC(=O)Nc1ncc(C)s1)C(=O)c1ccc(Cl)c(Cl)c1. The largest absolute Gasteiger partial charge is 0.326 e. The number of carbonyl (C=O) groups excluding carboxylic acids is 2. The zero-order chi connectivity index (χ0) is 17.7. The van der Waals surface area contributed by atoms with E-state index in [2.05, 4.69) is 16.9 Å². The molecule has 1 heterocycles. The van der Waals surface area contributed by atoms with Crippen LogP contribution in [0.3, 0.4) is 0 Å². The number of aryl methyl sites for hydroxylation is 1. The Morgan fingerprint density at radius 3 is 2.71 bits per heavy atom. The average Bonchev–Trinajstić information content (AvgIpc) is 2.93. The summed E-state index contributed by atoms with van der Waals surface area (Å²) in [5.74, 6) is -0.668. The third kappa shape index (κ3) is 4.80. The van der Waals surface area contributed by atoms with Crippen LogP contribution in [0.1, 0.15) is 15.2 Å². The Labute approximate surface area is 153 Å². The first-order valence-corrected chi connectivity index (χ1v) is 8.55. The highest BCUT2D eigenvalue weighted by atomic mass is 35.5. The summed E-state index contributed by atoms with van der Waals surface area (Å²) in [5.41, 5.74) is 0.351. The Bertz CT molecular complexity index is 776. The smallest absolute Gasteiger partial charge is 0.254 e. The number of nitrogens with one attached hydrogen (secondary N) is 1. The van der Waals surface area contributed by atoms with Crippen LogP contribution in [0.4, 0.5) is 5.13 Å². The summed E-state index contributed by atoms with van der Waals surface area (Å²) >= 11 is 13.2. The van der Waals surface area contributed by atoms with E-state index in [4.69, 9.17) is 23.2 Å². The molecule has 2 aromatic rings. The molecule has 126 valence electrons. The van der Waals surface area contributed by atoms with E-state index in [0.717, 1.165) is 4.88 Å². The molecule has 5 nitrogen and oxygen atoms in total. The van der Waals surface area contributed by atoms with E-state index in [-0.39, 0.29) is 29.9 Å². The maximum atomic E-state index is 12.6. The number of thiazole rings is 1. The van der Waals surface area contributed by atoms with Crippen molar-refractivity contribution >= 4 is 51.5 Å². The fraction of sp³-hybridized carbons (Fsp3) is 0.188. The number of hydrogen-bond acceptors (Lipinski definition) is 4. The van der Waals surface area contributed by atoms with E-state index in [0.29, 0.717) is 15.7 Å². The zero-order valence-electron chi connectivity index (χ0n) is 12.9. The van der Waals surface area contributed by atoms with Crippen molar-refractivity contribution in [3.63, 3.8) is 0 Å². The molecule has 24 heavy (non-hydrogen) atoms. The van der Waals surface area contributed by atoms with Crippen LogP contribution in [-0.2, 0) is 4.79 Å². The number of carbonyl (C=O) groups is 2. The van der Waals surface area contributed by atoms with Gasteiger partial charge in [0, 0.05) is 23.2 Å². The molecule has 0 bridgehead atoms. The van der Waals surface area contributed by atoms with Crippen LogP contribution in [0.15, 0.2) is 37.1 Å². The van der Waals surface area contributed by atoms with E-state index >= 15 is 0 Å². The molecule has 0 radical (unpaired) electrons. The zero-order valence-corrected chi connectivity index (χ0v) is 15.2. The molecule has 0 saturated carbocycles. The van der Waals surface area contributed by atoms with Gasteiger partial charge >= 0.3 is 0 Å². The molecule has 0 unspecified atom stereocenters. The van der Waals surface area contributed by atoms with E-state index in [1.54, 1.807) is 24.4 Å². The van der Waals surface area contributed by atoms with Gasteiger partial charge in [-0.05, 0) is 25.1 Å². The van der Waals surface area contributed by atoms with Crippen molar-refractivity contribution in [2.24, 2.45) is 0 Å². The van der Waals surface area contributed by atoms with Gasteiger partial charge in [-0.2, -0.15) is 0 Å². The third-order valence-electron chi connectivity index (χ3n) is 3.01. The molecule has 2 amide bonds. The molecule has 0 spiro atoms. The minimum Gasteiger partial charge on any atom is -0.326 e. The summed E-state index contributed by atoms with van der Waals surface area (Å²) in [6, 6.07) is 4.58. The second-order valence-corrected chi connectivity index (χ2v) is 6.98. The van der Waals surface area contributed by atoms with Gasteiger partial charge in [0.1, 0.15) is 6.54 Å². The van der Waals surface area contributed by atoms with Crippen LogP contribution in [0.25, 0.3) is 0 Å². The topological polar surface area (TPSA) is 62.3 Å². The van der Waals surface area contributed by atoms with Crippen LogP contribution < -0.4 is 5.32 Å². The summed E-state index contributed by atoms with van der Waals surface area (Å²) in [5, 5.41) is 3.81. The molecule has 2 rings (SSSR count). The summed E-state index contributed by atoms with van der Waals surface area (Å²) in [6.07, 6.45) is 3.22. The van der Waals surface area contributed by atoms with E-state index in [9.17, 15) is 9.59 Å². The summed E-state index contributed by atoms with van der Waals surface area (Å²) in [6.45, 7) is 5.62. The summed E-state index contributed by atoms with van der Waals surface area (Å²) < 4.78 is 0. The highest BCUT2D eigenvalue weighted by Crippen LogP contribution is 2.23. The molecule has 0 atom stereocenters. The monoisotopic (exact) mass is 383 g/mol. The summed E-state index contributed by atoms with van der Waals surface area (Å²) in [7, 11) is 0. The number of nitrogens with zero attached hydrogens (tertiary/aromatic N) is 2. The predicted octanol–water partition coefficient (Wildman–Crippen LogP) is 4.03. The Hall–Kier alpha value is -1.89. The van der Waals surface area contributed by atoms with Crippen molar-refractivity contribution in [2.45, 2.75) is 6.92 Å². The third-order valence-corrected chi connectivity index (χ3v) is 4.57. The Morgan fingerprint density at radius 2 is 2.12 bits per heavy atom. The van der Waals surface area contributed by atoms with Crippen molar-refractivity contribution < 1.29 is 9.59 Å². The lowest BCUT2D eigenvalue weighted by atomic mass is 10.2. The standard InChI is InChI=1S/C16H15Cl2N3O2S/c1-3-6-21(9-14(22)20-16-19-8-10(2)24-16)15(23)11-4-5-12(17)13(18)7-11/h3-5,7-8H,1,6,9H2,2H3,(H,19,20,22). The summed E-state index contributed by atoms with van der Waals surface area (Å²) in [4.78, 5) is 31.1. The molecule has 0 aliphatic carbocycles. The van der Waals surface area contributed by atoms with Crippen LogP contribution >= 0.6 is 34.5 Å². The van der Waals surface area contributed by atoms with Gasteiger partial charge in [-0.25, -0.2) is 4.98 Å². The lowest BCUT2D eigenvalue weighted by Gasteiger charge is -2.20. The van der Waals surface area contributed by atoms with Gasteiger partial charge in [0.05, 0.1) is 10.0 Å². The number of rotatable bonds is 6. The minimum absolute atomic E-state index is 0.121. The van der Waals surface area contributed by atoms with Crippen LogP contribution in [0, 0.1) is 6.92 Å². The highest BCUT2D eigenvalue weighted by Gasteiger charge is 2.19. The molecule has 1 aromatic heterocycles.